The fourth-order valence-electron chi connectivity index (χ4n) is 1.27. The second kappa shape index (κ2) is 6.40. The van der Waals surface area contributed by atoms with Crippen LogP contribution in [0.4, 0.5) is 4.39 Å². The van der Waals surface area contributed by atoms with E-state index in [1.165, 1.54) is 18.0 Å². The minimum atomic E-state index is -0.214. The molecule has 0 spiro atoms. The van der Waals surface area contributed by atoms with Crippen molar-refractivity contribution in [2.75, 3.05) is 6.26 Å². The van der Waals surface area contributed by atoms with Crippen molar-refractivity contribution in [2.24, 2.45) is 4.40 Å². The number of allylic oxidation sites excluding steroid dienone is 1. The molecule has 0 saturated heterocycles. The average molecular weight is 223 g/mol. The maximum Gasteiger partial charge on any atom is 0.132 e. The highest BCUT2D eigenvalue weighted by atomic mass is 32.2. The molecule has 80 valence electrons. The Bertz CT molecular complexity index is 360. The molecule has 1 aromatic rings. The van der Waals surface area contributed by atoms with Crippen LogP contribution in [0.1, 0.15) is 18.4 Å². The molecule has 1 aromatic carbocycles. The predicted octanol–water partition coefficient (Wildman–Crippen LogP) is 3.86. The molecule has 0 fully saturated rings. The van der Waals surface area contributed by atoms with Gasteiger partial charge in [-0.2, -0.15) is 0 Å². The summed E-state index contributed by atoms with van der Waals surface area (Å²) in [6.45, 7) is 3.65. The summed E-state index contributed by atoms with van der Waals surface area (Å²) in [5, 5.41) is 0. The molecule has 0 aliphatic rings. The zero-order chi connectivity index (χ0) is 11.1. The van der Waals surface area contributed by atoms with Gasteiger partial charge in [-0.3, -0.25) is 0 Å². The molecule has 0 aliphatic heterocycles. The molecule has 3 heteroatoms. The van der Waals surface area contributed by atoms with E-state index >= 15 is 0 Å². The highest BCUT2D eigenvalue weighted by molar-refractivity contribution is 7.97. The summed E-state index contributed by atoms with van der Waals surface area (Å²) in [6.07, 6.45) is 5.23. The van der Waals surface area contributed by atoms with Crippen LogP contribution in [0.5, 0.6) is 0 Å². The topological polar surface area (TPSA) is 12.4 Å². The number of nitrogens with zero attached hydrogens (tertiary/aromatic N) is 1. The van der Waals surface area contributed by atoms with Gasteiger partial charge in [0.2, 0.25) is 0 Å². The van der Waals surface area contributed by atoms with E-state index < -0.39 is 0 Å². The fraction of sp³-hybridized carbons (Fsp3) is 0.250. The molecule has 0 radical (unpaired) electrons. The lowest BCUT2D eigenvalue weighted by atomic mass is 10.1. The van der Waals surface area contributed by atoms with Gasteiger partial charge in [0.15, 0.2) is 0 Å². The van der Waals surface area contributed by atoms with Crippen molar-refractivity contribution in [3.8, 4) is 0 Å². The smallest absolute Gasteiger partial charge is 0.132 e. The van der Waals surface area contributed by atoms with Crippen LogP contribution in [-0.4, -0.2) is 12.0 Å². The predicted molar refractivity (Wildman–Crippen MR) is 65.9 cm³/mol. The van der Waals surface area contributed by atoms with Crippen molar-refractivity contribution in [3.05, 3.63) is 48.3 Å². The molecule has 1 rings (SSSR count). The third kappa shape index (κ3) is 3.51. The molecule has 0 unspecified atom stereocenters. The zero-order valence-corrected chi connectivity index (χ0v) is 9.56. The first-order valence-corrected chi connectivity index (χ1v) is 5.93. The van der Waals surface area contributed by atoms with E-state index in [-0.39, 0.29) is 5.82 Å². The van der Waals surface area contributed by atoms with E-state index in [2.05, 4.69) is 11.0 Å². The van der Waals surface area contributed by atoms with Gasteiger partial charge in [0.05, 0.1) is 5.71 Å². The van der Waals surface area contributed by atoms with Crippen LogP contribution in [0, 0.1) is 5.82 Å². The highest BCUT2D eigenvalue weighted by Crippen LogP contribution is 2.14. The molecule has 0 N–H and O–H groups in total. The van der Waals surface area contributed by atoms with Crippen LogP contribution >= 0.6 is 11.9 Å². The number of rotatable bonds is 5. The minimum absolute atomic E-state index is 0.214. The summed E-state index contributed by atoms with van der Waals surface area (Å²) in [5.41, 5.74) is 1.38. The van der Waals surface area contributed by atoms with Crippen LogP contribution in [-0.2, 0) is 0 Å². The Kier molecular flexibility index (Phi) is 5.12. The maximum atomic E-state index is 13.5. The molecule has 1 nitrogen and oxygen atoms in total. The van der Waals surface area contributed by atoms with Crippen LogP contribution in [0.15, 0.2) is 41.3 Å². The standard InChI is InChI=1S/C12H14FNS/c1-3-4-9-12(14-15-2)10-7-5-6-8-11(10)13/h3,5-8H,1,4,9H2,2H3. The lowest BCUT2D eigenvalue weighted by molar-refractivity contribution is 0.624. The second-order valence-corrected chi connectivity index (χ2v) is 3.58. The van der Waals surface area contributed by atoms with Crippen molar-refractivity contribution < 1.29 is 4.39 Å². The van der Waals surface area contributed by atoms with Gasteiger partial charge < -0.3 is 0 Å². The van der Waals surface area contributed by atoms with Crippen molar-refractivity contribution in [1.29, 1.82) is 0 Å². The Balaban J connectivity index is 2.94. The lowest BCUT2D eigenvalue weighted by Crippen LogP contribution is -2.02. The van der Waals surface area contributed by atoms with E-state index in [4.69, 9.17) is 0 Å². The fourth-order valence-corrected chi connectivity index (χ4v) is 1.68. The summed E-state index contributed by atoms with van der Waals surface area (Å²) in [4.78, 5) is 0. The summed E-state index contributed by atoms with van der Waals surface area (Å²) >= 11 is 1.35. The van der Waals surface area contributed by atoms with Gasteiger partial charge in [-0.05, 0) is 30.9 Å². The summed E-state index contributed by atoms with van der Waals surface area (Å²) in [6, 6.07) is 6.72. The van der Waals surface area contributed by atoms with Crippen molar-refractivity contribution >= 4 is 17.7 Å². The van der Waals surface area contributed by atoms with Gasteiger partial charge >= 0.3 is 0 Å². The van der Waals surface area contributed by atoms with E-state index in [0.29, 0.717) is 5.56 Å². The van der Waals surface area contributed by atoms with Gasteiger partial charge in [0.1, 0.15) is 5.82 Å². The van der Waals surface area contributed by atoms with Crippen LogP contribution in [0.3, 0.4) is 0 Å². The van der Waals surface area contributed by atoms with E-state index in [9.17, 15) is 4.39 Å². The van der Waals surface area contributed by atoms with Crippen LogP contribution < -0.4 is 0 Å². The van der Waals surface area contributed by atoms with Gasteiger partial charge in [0.25, 0.3) is 0 Å². The summed E-state index contributed by atoms with van der Waals surface area (Å²) in [5.74, 6) is -0.214. The van der Waals surface area contributed by atoms with Gasteiger partial charge in [-0.15, -0.1) is 6.58 Å². The zero-order valence-electron chi connectivity index (χ0n) is 8.74. The quantitative estimate of drug-likeness (QED) is 0.419. The minimum Gasteiger partial charge on any atom is -0.221 e. The van der Waals surface area contributed by atoms with Crippen LogP contribution in [0.2, 0.25) is 0 Å². The molecule has 0 bridgehead atoms. The maximum absolute atomic E-state index is 13.5. The Morgan fingerprint density at radius 1 is 1.53 bits per heavy atom. The molecule has 0 aromatic heterocycles. The third-order valence-corrected chi connectivity index (χ3v) is 2.37. The highest BCUT2D eigenvalue weighted by Gasteiger charge is 2.07. The molecule has 0 saturated carbocycles. The average Bonchev–Trinajstić information content (AvgIpc) is 2.25. The normalized spacial score (nSPS) is 11.5. The number of hydrogen-bond donors (Lipinski definition) is 0. The summed E-state index contributed by atoms with van der Waals surface area (Å²) < 4.78 is 17.7. The SMILES string of the molecule is C=CCCC(=NSC)c1ccccc1F. The van der Waals surface area contributed by atoms with E-state index in [0.717, 1.165) is 18.6 Å². The Hall–Kier alpha value is -1.09. The number of hydrogen-bond acceptors (Lipinski definition) is 2. The van der Waals surface area contributed by atoms with E-state index in [1.54, 1.807) is 12.1 Å². The molecule has 15 heavy (non-hydrogen) atoms. The third-order valence-electron chi connectivity index (χ3n) is 1.97. The molecular weight excluding hydrogens is 209 g/mol. The first-order chi connectivity index (χ1) is 7.29. The molecule has 0 amide bonds. The van der Waals surface area contributed by atoms with Gasteiger partial charge in [0, 0.05) is 11.8 Å². The Labute approximate surface area is 94.3 Å². The molecular formula is C12H14FNS. The van der Waals surface area contributed by atoms with E-state index in [1.807, 2.05) is 18.4 Å². The van der Waals surface area contributed by atoms with Crippen molar-refractivity contribution in [3.63, 3.8) is 0 Å². The van der Waals surface area contributed by atoms with Crippen molar-refractivity contribution in [2.45, 2.75) is 12.8 Å². The number of halogens is 1. The van der Waals surface area contributed by atoms with Gasteiger partial charge in [-0.1, -0.05) is 24.3 Å². The van der Waals surface area contributed by atoms with Crippen molar-refractivity contribution in [1.82, 2.24) is 0 Å². The van der Waals surface area contributed by atoms with Crippen LogP contribution in [0.25, 0.3) is 0 Å². The molecule has 0 aliphatic carbocycles. The Morgan fingerprint density at radius 2 is 2.27 bits per heavy atom. The second-order valence-electron chi connectivity index (χ2n) is 3.03. The largest absolute Gasteiger partial charge is 0.221 e. The first kappa shape index (κ1) is 12.0. The Morgan fingerprint density at radius 3 is 2.87 bits per heavy atom. The molecule has 0 atom stereocenters. The first-order valence-electron chi connectivity index (χ1n) is 4.75. The molecule has 0 heterocycles. The van der Waals surface area contributed by atoms with Gasteiger partial charge in [-0.25, -0.2) is 8.79 Å². The number of benzene rings is 1. The summed E-state index contributed by atoms with van der Waals surface area (Å²) in [7, 11) is 0. The lowest BCUT2D eigenvalue weighted by Gasteiger charge is -2.05. The monoisotopic (exact) mass is 223 g/mol.